The number of rotatable bonds is 12. The van der Waals surface area contributed by atoms with E-state index in [0.29, 0.717) is 54.6 Å². The van der Waals surface area contributed by atoms with E-state index in [0.717, 1.165) is 50.6 Å². The van der Waals surface area contributed by atoms with Crippen LogP contribution in [0.15, 0.2) is 115 Å². The second-order valence-corrected chi connectivity index (χ2v) is 13.0. The van der Waals surface area contributed by atoms with E-state index in [-0.39, 0.29) is 24.8 Å². The molecule has 1 amide bonds. The molecule has 0 saturated carbocycles. The van der Waals surface area contributed by atoms with Crippen LogP contribution in [0.3, 0.4) is 0 Å². The number of amides is 1. The Morgan fingerprint density at radius 3 is 2.25 bits per heavy atom. The summed E-state index contributed by atoms with van der Waals surface area (Å²) in [5.74, 6) is 0.502. The fourth-order valence-corrected chi connectivity index (χ4v) is 6.36. The van der Waals surface area contributed by atoms with Gasteiger partial charge in [-0.15, -0.1) is 0 Å². The molecule has 1 aliphatic rings. The molecule has 4 aromatic carbocycles. The zero-order valence-corrected chi connectivity index (χ0v) is 28.6. The summed E-state index contributed by atoms with van der Waals surface area (Å²) in [5.41, 5.74) is 17.3. The standard InChI is InChI=1S/C40H37F3N6OS/c41-40(42,43)33-6-3-4-29(20-33)24-48(23-28-10-8-27(22-44)9-11-28)39(50)31-17-18-35-34(21-31)47-37(49(35)25-32-5-1-2-7-36(32)51)19-14-26-12-15-30(16-13-26)38(45)46/h1-6,8-13,15-18,20-21H,7,14,19,22-25,44H2,(H3,45,46). The molecule has 6 rings (SSSR count). The lowest BCUT2D eigenvalue weighted by atomic mass is 10.0. The molecular formula is C40H37F3N6OS. The number of amidine groups is 1. The maximum Gasteiger partial charge on any atom is 0.416 e. The third kappa shape index (κ3) is 8.50. The zero-order chi connectivity index (χ0) is 36.1. The van der Waals surface area contributed by atoms with Gasteiger partial charge in [-0.1, -0.05) is 91.1 Å². The van der Waals surface area contributed by atoms with E-state index in [2.05, 4.69) is 4.57 Å². The fourth-order valence-electron chi connectivity index (χ4n) is 6.13. The van der Waals surface area contributed by atoms with Gasteiger partial charge in [0.1, 0.15) is 11.7 Å². The van der Waals surface area contributed by atoms with Crippen molar-refractivity contribution in [1.82, 2.24) is 14.5 Å². The first-order valence-electron chi connectivity index (χ1n) is 16.5. The lowest BCUT2D eigenvalue weighted by molar-refractivity contribution is -0.137. The van der Waals surface area contributed by atoms with Crippen molar-refractivity contribution in [3.05, 3.63) is 160 Å². The maximum absolute atomic E-state index is 14.2. The van der Waals surface area contributed by atoms with Crippen molar-refractivity contribution in [2.24, 2.45) is 11.5 Å². The van der Waals surface area contributed by atoms with E-state index in [1.165, 1.54) is 6.07 Å². The third-order valence-electron chi connectivity index (χ3n) is 8.95. The Morgan fingerprint density at radius 2 is 1.57 bits per heavy atom. The summed E-state index contributed by atoms with van der Waals surface area (Å²) in [6.07, 6.45) is 3.53. The van der Waals surface area contributed by atoms with Crippen molar-refractivity contribution in [3.63, 3.8) is 0 Å². The minimum absolute atomic E-state index is 0.0114. The van der Waals surface area contributed by atoms with Crippen LogP contribution in [-0.4, -0.2) is 31.1 Å². The van der Waals surface area contributed by atoms with Gasteiger partial charge in [0.25, 0.3) is 5.91 Å². The summed E-state index contributed by atoms with van der Waals surface area (Å²) < 4.78 is 42.8. The molecule has 5 N–H and O–H groups in total. The summed E-state index contributed by atoms with van der Waals surface area (Å²) >= 11 is 5.67. The van der Waals surface area contributed by atoms with Crippen molar-refractivity contribution in [3.8, 4) is 0 Å². The highest BCUT2D eigenvalue weighted by Crippen LogP contribution is 2.30. The van der Waals surface area contributed by atoms with Crippen LogP contribution in [0.5, 0.6) is 0 Å². The monoisotopic (exact) mass is 706 g/mol. The topological polar surface area (TPSA) is 114 Å². The van der Waals surface area contributed by atoms with Crippen LogP contribution in [0.1, 0.15) is 56.0 Å². The molecule has 260 valence electrons. The number of hydrogen-bond acceptors (Lipinski definition) is 5. The summed E-state index contributed by atoms with van der Waals surface area (Å²) in [4.78, 5) is 21.6. The molecule has 1 aliphatic carbocycles. The first-order valence-corrected chi connectivity index (χ1v) is 16.9. The number of allylic oxidation sites excluding steroid dienone is 4. The van der Waals surface area contributed by atoms with E-state index < -0.39 is 11.7 Å². The number of aromatic nitrogens is 2. The molecule has 11 heteroatoms. The van der Waals surface area contributed by atoms with Gasteiger partial charge in [0.15, 0.2) is 0 Å². The van der Waals surface area contributed by atoms with E-state index in [1.54, 1.807) is 23.1 Å². The number of carbonyl (C=O) groups is 1. The molecule has 0 radical (unpaired) electrons. The number of thiocarbonyl (C=S) groups is 1. The number of alkyl halides is 3. The Hall–Kier alpha value is -5.39. The largest absolute Gasteiger partial charge is 0.416 e. The van der Waals surface area contributed by atoms with Gasteiger partial charge < -0.3 is 20.9 Å². The average molecular weight is 707 g/mol. The molecular weight excluding hydrogens is 670 g/mol. The van der Waals surface area contributed by atoms with Crippen LogP contribution < -0.4 is 11.5 Å². The second kappa shape index (κ2) is 15.2. The lowest BCUT2D eigenvalue weighted by Crippen LogP contribution is -2.30. The van der Waals surface area contributed by atoms with Crippen molar-refractivity contribution < 1.29 is 18.0 Å². The smallest absolute Gasteiger partial charge is 0.384 e. The number of nitrogens with zero attached hydrogens (tertiary/aromatic N) is 3. The quantitative estimate of drug-likeness (QED) is 0.0700. The molecule has 7 nitrogen and oxygen atoms in total. The second-order valence-electron chi connectivity index (χ2n) is 12.6. The molecule has 1 aromatic heterocycles. The van der Waals surface area contributed by atoms with Crippen LogP contribution in [-0.2, 0) is 45.2 Å². The molecule has 1 heterocycles. The number of hydrogen-bond donors (Lipinski definition) is 3. The molecule has 0 fully saturated rings. The van der Waals surface area contributed by atoms with Gasteiger partial charge in [0.05, 0.1) is 23.1 Å². The first-order chi connectivity index (χ1) is 24.5. The van der Waals surface area contributed by atoms with Gasteiger partial charge in [0.2, 0.25) is 0 Å². The number of carbonyl (C=O) groups excluding carboxylic acids is 1. The number of halogens is 3. The van der Waals surface area contributed by atoms with Crippen molar-refractivity contribution in [2.45, 2.75) is 51.6 Å². The van der Waals surface area contributed by atoms with Crippen LogP contribution >= 0.6 is 12.2 Å². The Bertz CT molecular complexity index is 2150. The normalized spacial score (nSPS) is 13.0. The van der Waals surface area contributed by atoms with Crippen LogP contribution in [0.4, 0.5) is 13.2 Å². The Kier molecular flexibility index (Phi) is 10.6. The van der Waals surface area contributed by atoms with Crippen LogP contribution in [0, 0.1) is 5.41 Å². The number of nitrogens with one attached hydrogen (secondary N) is 1. The highest BCUT2D eigenvalue weighted by Gasteiger charge is 2.31. The molecule has 0 bridgehead atoms. The number of aryl methyl sites for hydroxylation is 2. The Morgan fingerprint density at radius 1 is 0.882 bits per heavy atom. The number of nitrogen functional groups attached to an aromatic ring is 1. The molecule has 0 unspecified atom stereocenters. The van der Waals surface area contributed by atoms with E-state index in [4.69, 9.17) is 34.1 Å². The van der Waals surface area contributed by atoms with E-state index in [1.807, 2.05) is 72.8 Å². The average Bonchev–Trinajstić information content (AvgIpc) is 3.47. The third-order valence-corrected chi connectivity index (χ3v) is 9.38. The molecule has 0 spiro atoms. The van der Waals surface area contributed by atoms with Crippen molar-refractivity contribution in [1.29, 1.82) is 5.41 Å². The highest BCUT2D eigenvalue weighted by molar-refractivity contribution is 7.80. The summed E-state index contributed by atoms with van der Waals surface area (Å²) in [6.45, 7) is 1.04. The van der Waals surface area contributed by atoms with Gasteiger partial charge in [-0.3, -0.25) is 10.2 Å². The first kappa shape index (κ1) is 35.4. The SMILES string of the molecule is N=C(N)c1ccc(CCc2nc3cc(C(=O)N(Cc4ccc(CN)cc4)Cc4cccc(C(F)(F)F)c4)ccc3n2CC2=CC=CCC2=S)cc1. The maximum atomic E-state index is 14.2. The minimum atomic E-state index is -4.50. The summed E-state index contributed by atoms with van der Waals surface area (Å²) in [6, 6.07) is 25.5. The van der Waals surface area contributed by atoms with Gasteiger partial charge in [0, 0.05) is 48.5 Å². The number of benzene rings is 4. The predicted molar refractivity (Wildman–Crippen MR) is 198 cm³/mol. The van der Waals surface area contributed by atoms with Crippen LogP contribution in [0.2, 0.25) is 0 Å². The predicted octanol–water partition coefficient (Wildman–Crippen LogP) is 7.68. The number of imidazole rings is 1. The van der Waals surface area contributed by atoms with Crippen LogP contribution in [0.25, 0.3) is 11.0 Å². The highest BCUT2D eigenvalue weighted by atomic mass is 32.1. The molecule has 0 atom stereocenters. The van der Waals surface area contributed by atoms with Crippen molar-refractivity contribution in [2.75, 3.05) is 0 Å². The Labute approximate surface area is 299 Å². The number of nitrogens with two attached hydrogens (primary N) is 2. The van der Waals surface area contributed by atoms with E-state index >= 15 is 0 Å². The van der Waals surface area contributed by atoms with Gasteiger partial charge in [-0.2, -0.15) is 13.2 Å². The molecule has 0 saturated heterocycles. The molecule has 0 aliphatic heterocycles. The van der Waals surface area contributed by atoms with Crippen molar-refractivity contribution >= 4 is 39.9 Å². The van der Waals surface area contributed by atoms with Gasteiger partial charge >= 0.3 is 6.18 Å². The minimum Gasteiger partial charge on any atom is -0.384 e. The number of fused-ring (bicyclic) bond motifs is 1. The lowest BCUT2D eigenvalue weighted by Gasteiger charge is -2.24. The molecule has 5 aromatic rings. The van der Waals surface area contributed by atoms with Gasteiger partial charge in [-0.25, -0.2) is 4.98 Å². The summed E-state index contributed by atoms with van der Waals surface area (Å²) in [7, 11) is 0. The Balaban J connectivity index is 1.34. The molecule has 51 heavy (non-hydrogen) atoms. The fraction of sp³-hybridized carbons (Fsp3) is 0.200. The van der Waals surface area contributed by atoms with Gasteiger partial charge in [-0.05, 0) is 64.6 Å². The summed E-state index contributed by atoms with van der Waals surface area (Å²) in [5, 5.41) is 7.67. The van der Waals surface area contributed by atoms with E-state index in [9.17, 15) is 18.0 Å². The zero-order valence-electron chi connectivity index (χ0n) is 27.8.